The van der Waals surface area contributed by atoms with Gasteiger partial charge in [-0.3, -0.25) is 0 Å². The molecule has 0 fully saturated rings. The van der Waals surface area contributed by atoms with Crippen LogP contribution >= 0.6 is 11.8 Å². The summed E-state index contributed by atoms with van der Waals surface area (Å²) in [6.07, 6.45) is 1.24. The molecule has 0 radical (unpaired) electrons. The SMILES string of the molecule is CCC(C)(C)CSCC(C)(C)N. The molecule has 0 aliphatic heterocycles. The summed E-state index contributed by atoms with van der Waals surface area (Å²) in [7, 11) is 0. The van der Waals surface area contributed by atoms with Gasteiger partial charge in [0.15, 0.2) is 0 Å². The molecule has 0 saturated heterocycles. The van der Waals surface area contributed by atoms with Crippen LogP contribution in [0.2, 0.25) is 0 Å². The summed E-state index contributed by atoms with van der Waals surface area (Å²) in [5, 5.41) is 0. The van der Waals surface area contributed by atoms with E-state index >= 15 is 0 Å². The summed E-state index contributed by atoms with van der Waals surface area (Å²) in [5.74, 6) is 2.26. The Morgan fingerprint density at radius 1 is 1.08 bits per heavy atom. The van der Waals surface area contributed by atoms with Gasteiger partial charge in [0, 0.05) is 11.3 Å². The van der Waals surface area contributed by atoms with E-state index in [0.717, 1.165) is 5.75 Å². The van der Waals surface area contributed by atoms with Crippen molar-refractivity contribution in [3.05, 3.63) is 0 Å². The van der Waals surface area contributed by atoms with Crippen molar-refractivity contribution >= 4 is 11.8 Å². The van der Waals surface area contributed by atoms with Crippen molar-refractivity contribution in [2.24, 2.45) is 11.1 Å². The van der Waals surface area contributed by atoms with Crippen LogP contribution in [0.1, 0.15) is 41.0 Å². The predicted molar refractivity (Wildman–Crippen MR) is 59.7 cm³/mol. The van der Waals surface area contributed by atoms with Crippen molar-refractivity contribution in [1.29, 1.82) is 0 Å². The number of nitrogens with two attached hydrogens (primary N) is 1. The third-order valence-corrected chi connectivity index (χ3v) is 3.86. The van der Waals surface area contributed by atoms with Crippen LogP contribution in [-0.2, 0) is 0 Å². The highest BCUT2D eigenvalue weighted by molar-refractivity contribution is 7.99. The molecule has 0 aromatic carbocycles. The van der Waals surface area contributed by atoms with Crippen molar-refractivity contribution in [1.82, 2.24) is 0 Å². The Morgan fingerprint density at radius 3 is 1.92 bits per heavy atom. The van der Waals surface area contributed by atoms with E-state index in [1.165, 1.54) is 12.2 Å². The lowest BCUT2D eigenvalue weighted by atomic mass is 9.93. The summed E-state index contributed by atoms with van der Waals surface area (Å²) < 4.78 is 0. The zero-order valence-electron chi connectivity index (χ0n) is 9.11. The fourth-order valence-corrected chi connectivity index (χ4v) is 2.08. The van der Waals surface area contributed by atoms with Crippen LogP contribution in [0, 0.1) is 5.41 Å². The molecule has 0 heterocycles. The van der Waals surface area contributed by atoms with Crippen LogP contribution in [0.25, 0.3) is 0 Å². The number of thioether (sulfide) groups is 1. The molecule has 12 heavy (non-hydrogen) atoms. The largest absolute Gasteiger partial charge is 0.325 e. The summed E-state index contributed by atoms with van der Waals surface area (Å²) >= 11 is 1.97. The second-order valence-electron chi connectivity index (χ2n) is 5.00. The van der Waals surface area contributed by atoms with Crippen molar-refractivity contribution in [2.75, 3.05) is 11.5 Å². The lowest BCUT2D eigenvalue weighted by molar-refractivity contribution is 0.407. The van der Waals surface area contributed by atoms with Crippen LogP contribution in [0.5, 0.6) is 0 Å². The summed E-state index contributed by atoms with van der Waals surface area (Å²) in [6.45, 7) is 11.0. The number of hydrogen-bond donors (Lipinski definition) is 1. The van der Waals surface area contributed by atoms with Gasteiger partial charge in [-0.1, -0.05) is 27.2 Å². The average Bonchev–Trinajstić information content (AvgIpc) is 1.84. The quantitative estimate of drug-likeness (QED) is 0.719. The fourth-order valence-electron chi connectivity index (χ4n) is 0.692. The van der Waals surface area contributed by atoms with Crippen LogP contribution in [0.3, 0.4) is 0 Å². The Kier molecular flexibility index (Phi) is 4.64. The predicted octanol–water partition coefficient (Wildman–Crippen LogP) is 2.89. The molecule has 0 aliphatic rings. The Labute approximate surface area is 81.5 Å². The normalized spacial score (nSPS) is 13.5. The molecule has 0 aromatic rings. The topological polar surface area (TPSA) is 26.0 Å². The molecule has 1 nitrogen and oxygen atoms in total. The minimum Gasteiger partial charge on any atom is -0.325 e. The Balaban J connectivity index is 3.57. The van der Waals surface area contributed by atoms with E-state index in [1.807, 2.05) is 11.8 Å². The molecule has 0 unspecified atom stereocenters. The molecule has 0 amide bonds. The molecule has 0 aliphatic carbocycles. The molecule has 0 rings (SSSR count). The van der Waals surface area contributed by atoms with Gasteiger partial charge in [-0.05, 0) is 25.0 Å². The van der Waals surface area contributed by atoms with Gasteiger partial charge in [0.05, 0.1) is 0 Å². The van der Waals surface area contributed by atoms with Gasteiger partial charge in [-0.2, -0.15) is 11.8 Å². The minimum atomic E-state index is -0.0194. The molecule has 2 heteroatoms. The third-order valence-electron chi connectivity index (χ3n) is 1.92. The second-order valence-corrected chi connectivity index (χ2v) is 5.98. The molecule has 74 valence electrons. The van der Waals surface area contributed by atoms with Gasteiger partial charge in [0.1, 0.15) is 0 Å². The average molecular weight is 189 g/mol. The molecule has 0 aromatic heterocycles. The summed E-state index contributed by atoms with van der Waals surface area (Å²) in [4.78, 5) is 0. The molecule has 0 saturated carbocycles. The van der Waals surface area contributed by atoms with Crippen molar-refractivity contribution in [2.45, 2.75) is 46.6 Å². The second kappa shape index (κ2) is 4.52. The Bertz CT molecular complexity index is 124. The van der Waals surface area contributed by atoms with Gasteiger partial charge in [0.2, 0.25) is 0 Å². The standard InChI is InChI=1S/C10H23NS/c1-6-9(2,3)7-12-8-10(4,5)11/h6-8,11H2,1-5H3. The lowest BCUT2D eigenvalue weighted by Crippen LogP contribution is -2.35. The zero-order chi connectivity index (χ0) is 9.83. The fraction of sp³-hybridized carbons (Fsp3) is 1.00. The highest BCUT2D eigenvalue weighted by atomic mass is 32.2. The van der Waals surface area contributed by atoms with E-state index < -0.39 is 0 Å². The first-order chi connectivity index (χ1) is 5.27. The van der Waals surface area contributed by atoms with Crippen LogP contribution in [-0.4, -0.2) is 17.0 Å². The lowest BCUT2D eigenvalue weighted by Gasteiger charge is -2.24. The molecule has 0 spiro atoms. The zero-order valence-corrected chi connectivity index (χ0v) is 9.92. The van der Waals surface area contributed by atoms with Gasteiger partial charge in [-0.15, -0.1) is 0 Å². The van der Waals surface area contributed by atoms with Crippen LogP contribution in [0.15, 0.2) is 0 Å². The Hall–Kier alpha value is 0.310. The number of rotatable bonds is 5. The van der Waals surface area contributed by atoms with Crippen molar-refractivity contribution < 1.29 is 0 Å². The van der Waals surface area contributed by atoms with Gasteiger partial charge >= 0.3 is 0 Å². The van der Waals surface area contributed by atoms with Gasteiger partial charge < -0.3 is 5.73 Å². The minimum absolute atomic E-state index is 0.0194. The maximum atomic E-state index is 5.89. The maximum Gasteiger partial charge on any atom is 0.0188 e. The van der Waals surface area contributed by atoms with E-state index in [4.69, 9.17) is 5.73 Å². The molecular weight excluding hydrogens is 166 g/mol. The highest BCUT2D eigenvalue weighted by Gasteiger charge is 2.17. The maximum absolute atomic E-state index is 5.89. The molecule has 0 atom stereocenters. The highest BCUT2D eigenvalue weighted by Crippen LogP contribution is 2.26. The van der Waals surface area contributed by atoms with E-state index in [0.29, 0.717) is 5.41 Å². The molecular formula is C10H23NS. The first-order valence-corrected chi connectivity index (χ1v) is 5.79. The van der Waals surface area contributed by atoms with Gasteiger partial charge in [-0.25, -0.2) is 0 Å². The van der Waals surface area contributed by atoms with E-state index in [2.05, 4.69) is 34.6 Å². The first kappa shape index (κ1) is 12.3. The Morgan fingerprint density at radius 2 is 1.58 bits per heavy atom. The third kappa shape index (κ3) is 6.99. The summed E-state index contributed by atoms with van der Waals surface area (Å²) in [6, 6.07) is 0. The van der Waals surface area contributed by atoms with Gasteiger partial charge in [0.25, 0.3) is 0 Å². The van der Waals surface area contributed by atoms with Crippen LogP contribution in [0.4, 0.5) is 0 Å². The van der Waals surface area contributed by atoms with E-state index in [9.17, 15) is 0 Å². The monoisotopic (exact) mass is 189 g/mol. The van der Waals surface area contributed by atoms with E-state index in [-0.39, 0.29) is 5.54 Å². The van der Waals surface area contributed by atoms with Crippen LogP contribution < -0.4 is 5.73 Å². The smallest absolute Gasteiger partial charge is 0.0188 e. The first-order valence-electron chi connectivity index (χ1n) is 4.63. The molecule has 0 bridgehead atoms. The van der Waals surface area contributed by atoms with Crippen molar-refractivity contribution in [3.8, 4) is 0 Å². The van der Waals surface area contributed by atoms with Crippen molar-refractivity contribution in [3.63, 3.8) is 0 Å². The number of hydrogen-bond acceptors (Lipinski definition) is 2. The van der Waals surface area contributed by atoms with E-state index in [1.54, 1.807) is 0 Å². The molecule has 2 N–H and O–H groups in total. The summed E-state index contributed by atoms with van der Waals surface area (Å²) in [5.41, 5.74) is 6.33.